The van der Waals surface area contributed by atoms with Gasteiger partial charge in [-0.3, -0.25) is 4.72 Å². The van der Waals surface area contributed by atoms with Crippen molar-refractivity contribution in [1.82, 2.24) is 0 Å². The zero-order valence-electron chi connectivity index (χ0n) is 10.6. The van der Waals surface area contributed by atoms with Crippen molar-refractivity contribution in [2.24, 2.45) is 0 Å². The molecule has 0 atom stereocenters. The number of sulfonamides is 1. The number of benzene rings is 1. The zero-order valence-corrected chi connectivity index (χ0v) is 13.7. The summed E-state index contributed by atoms with van der Waals surface area (Å²) in [4.78, 5) is 11.0. The first kappa shape index (κ1) is 16.1. The number of aromatic carboxylic acids is 1. The van der Waals surface area contributed by atoms with Crippen LogP contribution in [0.2, 0.25) is 10.0 Å². The van der Waals surface area contributed by atoms with Crippen molar-refractivity contribution in [1.29, 1.82) is 0 Å². The van der Waals surface area contributed by atoms with Crippen LogP contribution in [-0.2, 0) is 10.0 Å². The largest absolute Gasteiger partial charge is 0.477 e. The molecule has 1 aromatic carbocycles. The molecule has 0 saturated carbocycles. The Labute approximate surface area is 135 Å². The van der Waals surface area contributed by atoms with Crippen molar-refractivity contribution in [3.63, 3.8) is 0 Å². The van der Waals surface area contributed by atoms with Crippen molar-refractivity contribution < 1.29 is 18.3 Å². The summed E-state index contributed by atoms with van der Waals surface area (Å²) in [6.45, 7) is 1.54. The minimum Gasteiger partial charge on any atom is -0.477 e. The van der Waals surface area contributed by atoms with Crippen LogP contribution in [0.3, 0.4) is 0 Å². The van der Waals surface area contributed by atoms with E-state index in [9.17, 15) is 13.2 Å². The maximum Gasteiger partial charge on any atom is 0.346 e. The molecule has 5 nitrogen and oxygen atoms in total. The van der Waals surface area contributed by atoms with Gasteiger partial charge in [-0.05, 0) is 36.8 Å². The number of aryl methyl sites for hydroxylation is 1. The summed E-state index contributed by atoms with van der Waals surface area (Å²) in [6, 6.07) is 5.59. The molecule has 0 saturated heterocycles. The van der Waals surface area contributed by atoms with E-state index in [2.05, 4.69) is 4.72 Å². The minimum atomic E-state index is -3.89. The Hall–Kier alpha value is -1.28. The van der Waals surface area contributed by atoms with Crippen LogP contribution in [0.1, 0.15) is 15.2 Å². The maximum atomic E-state index is 12.2. The summed E-state index contributed by atoms with van der Waals surface area (Å²) in [6.07, 6.45) is 0. The molecular weight excluding hydrogens is 357 g/mol. The van der Waals surface area contributed by atoms with Crippen LogP contribution in [0.4, 0.5) is 5.69 Å². The highest BCUT2D eigenvalue weighted by Crippen LogP contribution is 2.29. The highest BCUT2D eigenvalue weighted by molar-refractivity contribution is 7.94. The summed E-state index contributed by atoms with van der Waals surface area (Å²) in [7, 11) is -3.89. The number of rotatable bonds is 4. The second-order valence-corrected chi connectivity index (χ2v) is 7.98. The number of halogens is 2. The number of carboxylic acid groups (broad SMARTS) is 1. The zero-order chi connectivity index (χ0) is 15.8. The molecule has 0 spiro atoms. The summed E-state index contributed by atoms with van der Waals surface area (Å²) < 4.78 is 26.7. The van der Waals surface area contributed by atoms with Gasteiger partial charge in [0.1, 0.15) is 9.09 Å². The third kappa shape index (κ3) is 3.68. The van der Waals surface area contributed by atoms with Crippen molar-refractivity contribution in [2.45, 2.75) is 11.1 Å². The van der Waals surface area contributed by atoms with Gasteiger partial charge in [0.15, 0.2) is 0 Å². The van der Waals surface area contributed by atoms with Crippen LogP contribution in [0.25, 0.3) is 0 Å². The van der Waals surface area contributed by atoms with Gasteiger partial charge in [-0.15, -0.1) is 11.3 Å². The van der Waals surface area contributed by atoms with Gasteiger partial charge in [-0.25, -0.2) is 13.2 Å². The fraction of sp³-hybridized carbons (Fsp3) is 0.0833. The lowest BCUT2D eigenvalue weighted by Gasteiger charge is -2.07. The second-order valence-electron chi connectivity index (χ2n) is 4.15. The monoisotopic (exact) mass is 365 g/mol. The minimum absolute atomic E-state index is 0.0144. The molecule has 0 bridgehead atoms. The molecule has 1 aromatic heterocycles. The van der Waals surface area contributed by atoms with Gasteiger partial charge >= 0.3 is 5.97 Å². The van der Waals surface area contributed by atoms with Crippen LogP contribution < -0.4 is 4.72 Å². The van der Waals surface area contributed by atoms with Crippen molar-refractivity contribution >= 4 is 56.2 Å². The standard InChI is InChI=1S/C12H9Cl2NO4S2/c1-6-2-10(20-11(6)12(16)17)21(18,19)15-9-4-7(13)3-8(14)5-9/h2-5,15H,1H3,(H,16,17). The Morgan fingerprint density at radius 1 is 1.19 bits per heavy atom. The van der Waals surface area contributed by atoms with E-state index in [1.54, 1.807) is 0 Å². The van der Waals surface area contributed by atoms with E-state index in [-0.39, 0.29) is 24.8 Å². The molecule has 0 aliphatic carbocycles. The van der Waals surface area contributed by atoms with E-state index in [1.165, 1.54) is 31.2 Å². The van der Waals surface area contributed by atoms with Gasteiger partial charge < -0.3 is 5.11 Å². The fourth-order valence-electron chi connectivity index (χ4n) is 1.62. The Morgan fingerprint density at radius 2 is 1.76 bits per heavy atom. The van der Waals surface area contributed by atoms with E-state index in [0.29, 0.717) is 16.9 Å². The summed E-state index contributed by atoms with van der Waals surface area (Å²) in [5, 5.41) is 9.54. The Morgan fingerprint density at radius 3 is 2.24 bits per heavy atom. The Balaban J connectivity index is 2.38. The average molecular weight is 366 g/mol. The highest BCUT2D eigenvalue weighted by atomic mass is 35.5. The number of thiophene rings is 1. The van der Waals surface area contributed by atoms with Gasteiger partial charge in [0.05, 0.1) is 5.69 Å². The van der Waals surface area contributed by atoms with E-state index in [1.807, 2.05) is 0 Å². The van der Waals surface area contributed by atoms with Crippen LogP contribution in [-0.4, -0.2) is 19.5 Å². The topological polar surface area (TPSA) is 83.5 Å². The lowest BCUT2D eigenvalue weighted by Crippen LogP contribution is -2.11. The molecule has 2 aromatic rings. The van der Waals surface area contributed by atoms with E-state index < -0.39 is 16.0 Å². The number of anilines is 1. The lowest BCUT2D eigenvalue weighted by molar-refractivity contribution is 0.0701. The molecule has 21 heavy (non-hydrogen) atoms. The molecule has 9 heteroatoms. The smallest absolute Gasteiger partial charge is 0.346 e. The van der Waals surface area contributed by atoms with Crippen LogP contribution in [0.5, 0.6) is 0 Å². The molecule has 0 aliphatic rings. The molecule has 0 amide bonds. The van der Waals surface area contributed by atoms with Gasteiger partial charge in [0.25, 0.3) is 10.0 Å². The number of nitrogens with one attached hydrogen (secondary N) is 1. The normalized spacial score (nSPS) is 11.4. The van der Waals surface area contributed by atoms with Crippen molar-refractivity contribution in [3.8, 4) is 0 Å². The van der Waals surface area contributed by atoms with Crippen molar-refractivity contribution in [2.75, 3.05) is 4.72 Å². The average Bonchev–Trinajstić information content (AvgIpc) is 2.70. The first-order valence-corrected chi connectivity index (χ1v) is 8.57. The number of carboxylic acids is 1. The van der Waals surface area contributed by atoms with E-state index >= 15 is 0 Å². The molecule has 0 fully saturated rings. The van der Waals surface area contributed by atoms with E-state index in [0.717, 1.165) is 0 Å². The van der Waals surface area contributed by atoms with Crippen LogP contribution in [0.15, 0.2) is 28.5 Å². The predicted molar refractivity (Wildman–Crippen MR) is 83.3 cm³/mol. The van der Waals surface area contributed by atoms with Crippen LogP contribution in [0, 0.1) is 6.92 Å². The number of hydrogen-bond acceptors (Lipinski definition) is 4. The third-order valence-corrected chi connectivity index (χ3v) is 5.99. The van der Waals surface area contributed by atoms with Gasteiger partial charge in [0, 0.05) is 10.0 Å². The second kappa shape index (κ2) is 5.84. The summed E-state index contributed by atoms with van der Waals surface area (Å²) >= 11 is 12.3. The molecule has 0 unspecified atom stereocenters. The Bertz CT molecular complexity index is 794. The van der Waals surface area contributed by atoms with Gasteiger partial charge in [-0.2, -0.15) is 0 Å². The first-order valence-electron chi connectivity index (χ1n) is 5.51. The highest BCUT2D eigenvalue weighted by Gasteiger charge is 2.22. The SMILES string of the molecule is Cc1cc(S(=O)(=O)Nc2cc(Cl)cc(Cl)c2)sc1C(=O)O. The number of hydrogen-bond donors (Lipinski definition) is 2. The first-order chi connectivity index (χ1) is 9.69. The van der Waals surface area contributed by atoms with E-state index in [4.69, 9.17) is 28.3 Å². The predicted octanol–water partition coefficient (Wildman–Crippen LogP) is 3.86. The molecule has 2 N–H and O–H groups in total. The molecule has 112 valence electrons. The molecular formula is C12H9Cl2NO4S2. The molecule has 2 rings (SSSR count). The third-order valence-electron chi connectivity index (χ3n) is 2.47. The quantitative estimate of drug-likeness (QED) is 0.861. The van der Waals surface area contributed by atoms with Gasteiger partial charge in [-0.1, -0.05) is 23.2 Å². The number of carbonyl (C=O) groups is 1. The molecule has 1 heterocycles. The Kier molecular flexibility index (Phi) is 4.48. The van der Waals surface area contributed by atoms with Crippen LogP contribution >= 0.6 is 34.5 Å². The molecule has 0 aliphatic heterocycles. The van der Waals surface area contributed by atoms with Crippen molar-refractivity contribution in [3.05, 3.63) is 44.8 Å². The molecule has 0 radical (unpaired) electrons. The summed E-state index contributed by atoms with van der Waals surface area (Å²) in [5.74, 6) is -1.16. The summed E-state index contributed by atoms with van der Waals surface area (Å²) in [5.41, 5.74) is 0.590. The van der Waals surface area contributed by atoms with Gasteiger partial charge in [0.2, 0.25) is 0 Å². The maximum absolute atomic E-state index is 12.2. The fourth-order valence-corrected chi connectivity index (χ4v) is 4.56. The lowest BCUT2D eigenvalue weighted by atomic mass is 10.3.